The monoisotopic (exact) mass is 386 g/mol. The van der Waals surface area contributed by atoms with E-state index in [-0.39, 0.29) is 11.7 Å². The molecule has 29 heavy (non-hydrogen) atoms. The highest BCUT2D eigenvalue weighted by molar-refractivity contribution is 6.01. The summed E-state index contributed by atoms with van der Waals surface area (Å²) in [6, 6.07) is 15.6. The number of amides is 1. The topological polar surface area (TPSA) is 70.5 Å². The SMILES string of the molecule is O=C(CO)c1ccc2c(c1)C[C@@]1(CC2)CCN(c2cnc3ccccc3c2)C1=O. The molecular weight excluding hydrogens is 364 g/mol. The molecule has 5 heteroatoms. The fourth-order valence-corrected chi connectivity index (χ4v) is 4.80. The van der Waals surface area contributed by atoms with Crippen LogP contribution in [0.5, 0.6) is 0 Å². The zero-order valence-electron chi connectivity index (χ0n) is 16.1. The molecule has 1 N–H and O–H groups in total. The summed E-state index contributed by atoms with van der Waals surface area (Å²) in [5.74, 6) is -0.131. The molecule has 1 aliphatic heterocycles. The van der Waals surface area contributed by atoms with E-state index in [2.05, 4.69) is 4.98 Å². The Morgan fingerprint density at radius 3 is 2.83 bits per heavy atom. The number of carbonyl (C=O) groups excluding carboxylic acids is 2. The first-order valence-corrected chi connectivity index (χ1v) is 10.0. The number of aromatic nitrogens is 1. The van der Waals surface area contributed by atoms with Crippen molar-refractivity contribution >= 4 is 28.3 Å². The average molecular weight is 386 g/mol. The van der Waals surface area contributed by atoms with Gasteiger partial charge in [0.2, 0.25) is 5.91 Å². The minimum absolute atomic E-state index is 0.152. The number of rotatable bonds is 3. The van der Waals surface area contributed by atoms with Gasteiger partial charge in [-0.25, -0.2) is 0 Å². The van der Waals surface area contributed by atoms with Gasteiger partial charge in [0.05, 0.1) is 22.8 Å². The largest absolute Gasteiger partial charge is 0.388 e. The second-order valence-electron chi connectivity index (χ2n) is 8.11. The molecule has 1 atom stereocenters. The van der Waals surface area contributed by atoms with E-state index in [1.807, 2.05) is 47.4 Å². The molecule has 1 fully saturated rings. The fourth-order valence-electron chi connectivity index (χ4n) is 4.80. The first-order valence-electron chi connectivity index (χ1n) is 10.0. The molecule has 0 radical (unpaired) electrons. The zero-order valence-corrected chi connectivity index (χ0v) is 16.1. The Morgan fingerprint density at radius 2 is 1.97 bits per heavy atom. The number of para-hydroxylation sites is 1. The van der Waals surface area contributed by atoms with E-state index in [9.17, 15) is 9.59 Å². The van der Waals surface area contributed by atoms with Crippen LogP contribution < -0.4 is 4.90 Å². The predicted molar refractivity (Wildman–Crippen MR) is 111 cm³/mol. The van der Waals surface area contributed by atoms with Gasteiger partial charge in [-0.2, -0.15) is 0 Å². The molecule has 1 aliphatic carbocycles. The third kappa shape index (κ3) is 2.93. The molecule has 0 bridgehead atoms. The molecule has 3 aromatic rings. The summed E-state index contributed by atoms with van der Waals surface area (Å²) in [7, 11) is 0. The summed E-state index contributed by atoms with van der Waals surface area (Å²) in [6.45, 7) is 0.190. The van der Waals surface area contributed by atoms with E-state index in [1.165, 1.54) is 5.56 Å². The highest BCUT2D eigenvalue weighted by Gasteiger charge is 2.48. The van der Waals surface area contributed by atoms with Crippen LogP contribution in [0.25, 0.3) is 10.9 Å². The summed E-state index contributed by atoms with van der Waals surface area (Å²) in [4.78, 5) is 31.8. The Bertz CT molecular complexity index is 1140. The van der Waals surface area contributed by atoms with Crippen molar-refractivity contribution in [3.63, 3.8) is 0 Å². The summed E-state index contributed by atoms with van der Waals surface area (Å²) in [5.41, 5.74) is 4.13. The molecule has 146 valence electrons. The number of pyridine rings is 1. The number of nitrogens with zero attached hydrogens (tertiary/aromatic N) is 2. The number of benzene rings is 2. The number of carbonyl (C=O) groups is 2. The van der Waals surface area contributed by atoms with E-state index in [0.29, 0.717) is 18.5 Å². The molecule has 5 nitrogen and oxygen atoms in total. The molecule has 0 unspecified atom stereocenters. The van der Waals surface area contributed by atoms with Crippen molar-refractivity contribution in [2.75, 3.05) is 18.1 Å². The standard InChI is InChI=1S/C24H22N2O3/c27-15-22(28)18-6-5-16-7-8-24(13-19(16)11-18)9-10-26(23(24)29)20-12-17-3-1-2-4-21(17)25-14-20/h1-6,11-12,14,27H,7-10,13,15H2/t24-/m1/s1. The number of Topliss-reactive ketones (excluding diaryl/α,β-unsaturated/α-hetero) is 1. The van der Waals surface area contributed by atoms with Crippen molar-refractivity contribution in [1.29, 1.82) is 0 Å². The van der Waals surface area contributed by atoms with Crippen LogP contribution in [0.4, 0.5) is 5.69 Å². The van der Waals surface area contributed by atoms with Gasteiger partial charge >= 0.3 is 0 Å². The van der Waals surface area contributed by atoms with Gasteiger partial charge in [0, 0.05) is 17.5 Å². The van der Waals surface area contributed by atoms with Crippen molar-refractivity contribution in [2.24, 2.45) is 5.41 Å². The maximum absolute atomic E-state index is 13.5. The van der Waals surface area contributed by atoms with E-state index in [1.54, 1.807) is 12.3 Å². The fraction of sp³-hybridized carbons (Fsp3) is 0.292. The number of fused-ring (bicyclic) bond motifs is 2. The maximum Gasteiger partial charge on any atom is 0.233 e. The summed E-state index contributed by atoms with van der Waals surface area (Å²) in [5, 5.41) is 10.2. The van der Waals surface area contributed by atoms with Crippen LogP contribution in [0, 0.1) is 5.41 Å². The van der Waals surface area contributed by atoms with Crippen LogP contribution in [0.3, 0.4) is 0 Å². The Balaban J connectivity index is 1.45. The number of aliphatic hydroxyl groups is 1. The first-order chi connectivity index (χ1) is 14.1. The van der Waals surface area contributed by atoms with Crippen LogP contribution in [0.2, 0.25) is 0 Å². The molecule has 5 rings (SSSR count). The molecule has 2 aliphatic rings. The van der Waals surface area contributed by atoms with Gasteiger partial charge in [0.25, 0.3) is 0 Å². The number of hydrogen-bond acceptors (Lipinski definition) is 4. The van der Waals surface area contributed by atoms with Crippen LogP contribution in [-0.2, 0) is 17.6 Å². The van der Waals surface area contributed by atoms with E-state index in [0.717, 1.165) is 41.4 Å². The lowest BCUT2D eigenvalue weighted by atomic mass is 9.70. The minimum Gasteiger partial charge on any atom is -0.388 e. The molecule has 2 aromatic carbocycles. The second kappa shape index (κ2) is 6.78. The Morgan fingerprint density at radius 1 is 1.10 bits per heavy atom. The predicted octanol–water partition coefficient (Wildman–Crippen LogP) is 3.32. The Hall–Kier alpha value is -3.05. The van der Waals surface area contributed by atoms with E-state index >= 15 is 0 Å². The number of hydrogen-bond donors (Lipinski definition) is 1. The quantitative estimate of drug-likeness (QED) is 0.701. The lowest BCUT2D eigenvalue weighted by Gasteiger charge is -2.33. The highest BCUT2D eigenvalue weighted by Crippen LogP contribution is 2.45. The lowest BCUT2D eigenvalue weighted by molar-refractivity contribution is -0.126. The van der Waals surface area contributed by atoms with E-state index < -0.39 is 12.0 Å². The van der Waals surface area contributed by atoms with Crippen molar-refractivity contribution in [2.45, 2.75) is 25.7 Å². The van der Waals surface area contributed by atoms with Crippen LogP contribution >= 0.6 is 0 Å². The van der Waals surface area contributed by atoms with Crippen molar-refractivity contribution in [1.82, 2.24) is 4.98 Å². The van der Waals surface area contributed by atoms with Crippen molar-refractivity contribution < 1.29 is 14.7 Å². The second-order valence-corrected chi connectivity index (χ2v) is 8.11. The van der Waals surface area contributed by atoms with Gasteiger partial charge in [-0.05, 0) is 55.0 Å². The van der Waals surface area contributed by atoms with Crippen LogP contribution in [-0.4, -0.2) is 34.9 Å². The van der Waals surface area contributed by atoms with Crippen molar-refractivity contribution in [3.05, 3.63) is 71.4 Å². The molecule has 2 heterocycles. The number of aryl methyl sites for hydroxylation is 1. The van der Waals surface area contributed by atoms with E-state index in [4.69, 9.17) is 5.11 Å². The minimum atomic E-state index is -0.494. The van der Waals surface area contributed by atoms with Gasteiger partial charge < -0.3 is 10.0 Å². The van der Waals surface area contributed by atoms with Gasteiger partial charge in [0.15, 0.2) is 5.78 Å². The highest BCUT2D eigenvalue weighted by atomic mass is 16.3. The van der Waals surface area contributed by atoms with Gasteiger partial charge in [0.1, 0.15) is 6.61 Å². The third-order valence-electron chi connectivity index (χ3n) is 6.47. The zero-order chi connectivity index (χ0) is 20.0. The number of aliphatic hydroxyl groups excluding tert-OH is 1. The van der Waals surface area contributed by atoms with Gasteiger partial charge in [-0.15, -0.1) is 0 Å². The first kappa shape index (κ1) is 18.0. The number of ketones is 1. The Kier molecular flexibility index (Phi) is 4.21. The molecule has 1 amide bonds. The molecule has 1 spiro atoms. The third-order valence-corrected chi connectivity index (χ3v) is 6.47. The van der Waals surface area contributed by atoms with Gasteiger partial charge in [-0.3, -0.25) is 14.6 Å². The molecule has 0 saturated carbocycles. The van der Waals surface area contributed by atoms with Crippen molar-refractivity contribution in [3.8, 4) is 0 Å². The van der Waals surface area contributed by atoms with Crippen LogP contribution in [0.1, 0.15) is 34.3 Å². The normalized spacial score (nSPS) is 21.0. The maximum atomic E-state index is 13.5. The molecule has 1 saturated heterocycles. The lowest BCUT2D eigenvalue weighted by Crippen LogP contribution is -2.38. The summed E-state index contributed by atoms with van der Waals surface area (Å²) in [6.07, 6.45) is 4.89. The average Bonchev–Trinajstić information content (AvgIpc) is 3.07. The summed E-state index contributed by atoms with van der Waals surface area (Å²) >= 11 is 0. The molecule has 1 aromatic heterocycles. The summed E-state index contributed by atoms with van der Waals surface area (Å²) < 4.78 is 0. The smallest absolute Gasteiger partial charge is 0.233 e. The van der Waals surface area contributed by atoms with Crippen LogP contribution in [0.15, 0.2) is 54.7 Å². The molecular formula is C24H22N2O3. The van der Waals surface area contributed by atoms with Gasteiger partial charge in [-0.1, -0.05) is 30.3 Å². The number of anilines is 1. The Labute approximate surface area is 169 Å².